The smallest absolute Gasteiger partial charge is 0.273 e. The van der Waals surface area contributed by atoms with E-state index < -0.39 is 5.91 Å². The second kappa shape index (κ2) is 8.27. The molecule has 0 aliphatic carbocycles. The molecule has 0 bridgehead atoms. The van der Waals surface area contributed by atoms with Crippen molar-refractivity contribution >= 4 is 23.4 Å². The van der Waals surface area contributed by atoms with Crippen molar-refractivity contribution in [3.63, 3.8) is 0 Å². The first kappa shape index (κ1) is 19.6. The number of primary amides is 1. The molecule has 0 radical (unpaired) electrons. The summed E-state index contributed by atoms with van der Waals surface area (Å²) in [6.45, 7) is 3.51. The first-order chi connectivity index (χ1) is 13.4. The zero-order valence-corrected chi connectivity index (χ0v) is 16.4. The summed E-state index contributed by atoms with van der Waals surface area (Å²) in [5, 5.41) is 5.25. The second-order valence-corrected chi connectivity index (χ2v) is 7.10. The molecule has 0 fully saturated rings. The Hall–Kier alpha value is -3.12. The SMILES string of the molecule is CC(C)N(CC(N)=O)C(=O)c1cc(-c2ccc(Cl)cc2)nn1-c1ccccc1. The number of halogens is 1. The van der Waals surface area contributed by atoms with Gasteiger partial charge in [-0.3, -0.25) is 9.59 Å². The van der Waals surface area contributed by atoms with Gasteiger partial charge in [-0.2, -0.15) is 5.10 Å². The van der Waals surface area contributed by atoms with Gasteiger partial charge in [0.2, 0.25) is 5.91 Å². The summed E-state index contributed by atoms with van der Waals surface area (Å²) in [6.07, 6.45) is 0. The predicted octanol–water partition coefficient (Wildman–Crippen LogP) is 3.53. The minimum atomic E-state index is -0.564. The third kappa shape index (κ3) is 4.23. The Morgan fingerprint density at radius 3 is 2.32 bits per heavy atom. The summed E-state index contributed by atoms with van der Waals surface area (Å²) in [4.78, 5) is 26.1. The molecule has 2 amide bonds. The molecule has 2 N–H and O–H groups in total. The van der Waals surface area contributed by atoms with E-state index in [0.717, 1.165) is 11.3 Å². The first-order valence-corrected chi connectivity index (χ1v) is 9.25. The number of carbonyl (C=O) groups excluding carboxylic acids is 2. The summed E-state index contributed by atoms with van der Waals surface area (Å²) in [6, 6.07) is 18.1. The molecule has 1 aromatic heterocycles. The summed E-state index contributed by atoms with van der Waals surface area (Å²) in [5.74, 6) is -0.879. The molecular formula is C21H21ClN4O2. The molecule has 3 rings (SSSR count). The molecular weight excluding hydrogens is 376 g/mol. The van der Waals surface area contributed by atoms with E-state index in [0.29, 0.717) is 16.4 Å². The van der Waals surface area contributed by atoms with E-state index in [1.807, 2.05) is 56.3 Å². The lowest BCUT2D eigenvalue weighted by Gasteiger charge is -2.25. The van der Waals surface area contributed by atoms with Gasteiger partial charge < -0.3 is 10.6 Å². The van der Waals surface area contributed by atoms with Crippen LogP contribution in [0.25, 0.3) is 16.9 Å². The van der Waals surface area contributed by atoms with Gasteiger partial charge in [0.25, 0.3) is 5.91 Å². The molecule has 2 aromatic carbocycles. The van der Waals surface area contributed by atoms with Crippen molar-refractivity contribution in [3.05, 3.63) is 71.4 Å². The van der Waals surface area contributed by atoms with Gasteiger partial charge in [0.1, 0.15) is 5.69 Å². The van der Waals surface area contributed by atoms with Crippen LogP contribution in [0.3, 0.4) is 0 Å². The quantitative estimate of drug-likeness (QED) is 0.692. The number of para-hydroxylation sites is 1. The number of hydrogen-bond acceptors (Lipinski definition) is 3. The maximum Gasteiger partial charge on any atom is 0.273 e. The summed E-state index contributed by atoms with van der Waals surface area (Å²) in [7, 11) is 0. The van der Waals surface area contributed by atoms with E-state index in [1.54, 1.807) is 22.9 Å². The van der Waals surface area contributed by atoms with Crippen molar-refractivity contribution in [1.29, 1.82) is 0 Å². The topological polar surface area (TPSA) is 81.2 Å². The fourth-order valence-corrected chi connectivity index (χ4v) is 2.99. The molecule has 1 heterocycles. The van der Waals surface area contributed by atoms with Crippen LogP contribution in [0.4, 0.5) is 0 Å². The largest absolute Gasteiger partial charge is 0.368 e. The van der Waals surface area contributed by atoms with Gasteiger partial charge in [-0.05, 0) is 44.2 Å². The lowest BCUT2D eigenvalue weighted by Crippen LogP contribution is -2.43. The average Bonchev–Trinajstić information content (AvgIpc) is 3.12. The van der Waals surface area contributed by atoms with Crippen LogP contribution < -0.4 is 5.73 Å². The van der Waals surface area contributed by atoms with Crippen LogP contribution >= 0.6 is 11.6 Å². The number of nitrogens with two attached hydrogens (primary N) is 1. The van der Waals surface area contributed by atoms with Crippen molar-refractivity contribution in [1.82, 2.24) is 14.7 Å². The van der Waals surface area contributed by atoms with Crippen LogP contribution in [0.1, 0.15) is 24.3 Å². The predicted molar refractivity (Wildman–Crippen MR) is 109 cm³/mol. The van der Waals surface area contributed by atoms with Crippen LogP contribution in [0.15, 0.2) is 60.7 Å². The Balaban J connectivity index is 2.11. The normalized spacial score (nSPS) is 10.9. The van der Waals surface area contributed by atoms with Crippen molar-refractivity contribution in [2.45, 2.75) is 19.9 Å². The minimum absolute atomic E-state index is 0.160. The summed E-state index contributed by atoms with van der Waals surface area (Å²) < 4.78 is 1.59. The highest BCUT2D eigenvalue weighted by Gasteiger charge is 2.25. The molecule has 28 heavy (non-hydrogen) atoms. The van der Waals surface area contributed by atoms with Gasteiger partial charge in [-0.1, -0.05) is 41.9 Å². The monoisotopic (exact) mass is 396 g/mol. The highest BCUT2D eigenvalue weighted by Crippen LogP contribution is 2.24. The van der Waals surface area contributed by atoms with E-state index >= 15 is 0 Å². The Morgan fingerprint density at radius 2 is 1.75 bits per heavy atom. The van der Waals surface area contributed by atoms with Crippen LogP contribution in [0.5, 0.6) is 0 Å². The van der Waals surface area contributed by atoms with Crippen LogP contribution in [0, 0.1) is 0 Å². The molecule has 0 aliphatic rings. The molecule has 0 saturated carbocycles. The number of carbonyl (C=O) groups is 2. The maximum atomic E-state index is 13.3. The number of nitrogens with zero attached hydrogens (tertiary/aromatic N) is 3. The molecule has 144 valence electrons. The highest BCUT2D eigenvalue weighted by atomic mass is 35.5. The van der Waals surface area contributed by atoms with E-state index in [2.05, 4.69) is 5.10 Å². The second-order valence-electron chi connectivity index (χ2n) is 6.66. The first-order valence-electron chi connectivity index (χ1n) is 8.87. The van der Waals surface area contributed by atoms with Gasteiger partial charge in [-0.25, -0.2) is 4.68 Å². The number of amides is 2. The zero-order chi connectivity index (χ0) is 20.3. The molecule has 0 aliphatic heterocycles. The maximum absolute atomic E-state index is 13.3. The van der Waals surface area contributed by atoms with Crippen LogP contribution in [-0.4, -0.2) is 39.1 Å². The lowest BCUT2D eigenvalue weighted by atomic mass is 10.1. The van der Waals surface area contributed by atoms with E-state index in [4.69, 9.17) is 17.3 Å². The fraction of sp³-hybridized carbons (Fsp3) is 0.190. The minimum Gasteiger partial charge on any atom is -0.368 e. The van der Waals surface area contributed by atoms with E-state index in [9.17, 15) is 9.59 Å². The zero-order valence-electron chi connectivity index (χ0n) is 15.7. The summed E-state index contributed by atoms with van der Waals surface area (Å²) in [5.41, 5.74) is 7.90. The van der Waals surface area contributed by atoms with E-state index in [-0.39, 0.29) is 18.5 Å². The van der Waals surface area contributed by atoms with Gasteiger partial charge in [0.05, 0.1) is 17.9 Å². The van der Waals surface area contributed by atoms with Gasteiger partial charge >= 0.3 is 0 Å². The third-order valence-electron chi connectivity index (χ3n) is 4.28. The van der Waals surface area contributed by atoms with Crippen LogP contribution in [0.2, 0.25) is 5.02 Å². The van der Waals surface area contributed by atoms with Gasteiger partial charge in [-0.15, -0.1) is 0 Å². The molecule has 7 heteroatoms. The molecule has 0 spiro atoms. The Kier molecular flexibility index (Phi) is 5.80. The molecule has 0 atom stereocenters. The number of benzene rings is 2. The van der Waals surface area contributed by atoms with Gasteiger partial charge in [0, 0.05) is 16.6 Å². The standard InChI is InChI=1S/C21H21ClN4O2/c1-14(2)25(13-20(23)27)21(28)19-12-18(15-8-10-16(22)11-9-15)24-26(19)17-6-4-3-5-7-17/h3-12,14H,13H2,1-2H3,(H2,23,27). The fourth-order valence-electron chi connectivity index (χ4n) is 2.87. The Labute approximate surface area is 168 Å². The highest BCUT2D eigenvalue weighted by molar-refractivity contribution is 6.30. The van der Waals surface area contributed by atoms with Crippen LogP contribution in [-0.2, 0) is 4.79 Å². The van der Waals surface area contributed by atoms with Crippen molar-refractivity contribution in [3.8, 4) is 16.9 Å². The Morgan fingerprint density at radius 1 is 1.11 bits per heavy atom. The lowest BCUT2D eigenvalue weighted by molar-refractivity contribution is -0.119. The van der Waals surface area contributed by atoms with Crippen molar-refractivity contribution < 1.29 is 9.59 Å². The molecule has 6 nitrogen and oxygen atoms in total. The number of rotatable bonds is 6. The molecule has 0 unspecified atom stereocenters. The van der Waals surface area contributed by atoms with Crippen molar-refractivity contribution in [2.75, 3.05) is 6.54 Å². The number of hydrogen-bond donors (Lipinski definition) is 1. The van der Waals surface area contributed by atoms with Crippen molar-refractivity contribution in [2.24, 2.45) is 5.73 Å². The molecule has 0 saturated heterocycles. The number of aromatic nitrogens is 2. The summed E-state index contributed by atoms with van der Waals surface area (Å²) >= 11 is 5.98. The average molecular weight is 397 g/mol. The van der Waals surface area contributed by atoms with E-state index in [1.165, 1.54) is 4.90 Å². The third-order valence-corrected chi connectivity index (χ3v) is 4.53. The van der Waals surface area contributed by atoms with Gasteiger partial charge in [0.15, 0.2) is 0 Å². The Bertz CT molecular complexity index is 981. The molecule has 3 aromatic rings.